The first kappa shape index (κ1) is 14.5. The monoisotopic (exact) mass is 316 g/mol. The quantitative estimate of drug-likeness (QED) is 0.900. The molecule has 2 heterocycles. The predicted molar refractivity (Wildman–Crippen MR) is 84.4 cm³/mol. The minimum absolute atomic E-state index is 0.110. The summed E-state index contributed by atoms with van der Waals surface area (Å²) in [5.74, 6) is -0.123. The van der Waals surface area contributed by atoms with Crippen LogP contribution in [0.2, 0.25) is 0 Å². The van der Waals surface area contributed by atoms with Crippen molar-refractivity contribution in [2.24, 2.45) is 0 Å². The molecule has 6 nitrogen and oxygen atoms in total. The summed E-state index contributed by atoms with van der Waals surface area (Å²) in [7, 11) is 0. The second-order valence-electron chi connectivity index (χ2n) is 4.92. The predicted octanol–water partition coefficient (Wildman–Crippen LogP) is 1.45. The number of carbonyl (C=O) groups is 2. The first-order valence-corrected chi connectivity index (χ1v) is 7.89. The van der Waals surface area contributed by atoms with Gasteiger partial charge in [0, 0.05) is 24.0 Å². The van der Waals surface area contributed by atoms with Crippen LogP contribution in [-0.2, 0) is 11.3 Å². The Bertz CT molecular complexity index is 671. The molecule has 22 heavy (non-hydrogen) atoms. The summed E-state index contributed by atoms with van der Waals surface area (Å²) < 4.78 is 0. The molecule has 3 amide bonds. The molecule has 1 aromatic carbocycles. The number of hydrogen-bond donors (Lipinski definition) is 2. The van der Waals surface area contributed by atoms with Gasteiger partial charge in [-0.25, -0.2) is 9.78 Å². The summed E-state index contributed by atoms with van der Waals surface area (Å²) in [5, 5.41) is 8.32. The average molecular weight is 316 g/mol. The Balaban J connectivity index is 1.57. The molecule has 0 bridgehead atoms. The number of rotatable bonds is 3. The standard InChI is InChI=1S/C15H16N4O2S/c20-13-9-19(7-6-16-13)15(21)17-8-14-18-12(10-22-14)11-4-2-1-3-5-11/h1-5,10H,6-9H2,(H,16,20)(H,17,21). The summed E-state index contributed by atoms with van der Waals surface area (Å²) in [4.78, 5) is 29.3. The summed E-state index contributed by atoms with van der Waals surface area (Å²) in [6.45, 7) is 1.51. The van der Waals surface area contributed by atoms with Crippen molar-refractivity contribution in [2.75, 3.05) is 19.6 Å². The van der Waals surface area contributed by atoms with E-state index in [9.17, 15) is 9.59 Å². The summed E-state index contributed by atoms with van der Waals surface area (Å²) in [6.07, 6.45) is 0. The van der Waals surface area contributed by atoms with Crippen molar-refractivity contribution in [3.8, 4) is 11.3 Å². The van der Waals surface area contributed by atoms with Crippen LogP contribution in [0.25, 0.3) is 11.3 Å². The zero-order valence-electron chi connectivity index (χ0n) is 11.9. The zero-order valence-corrected chi connectivity index (χ0v) is 12.7. The lowest BCUT2D eigenvalue weighted by molar-refractivity contribution is -0.123. The molecular weight excluding hydrogens is 300 g/mol. The highest BCUT2D eigenvalue weighted by molar-refractivity contribution is 7.09. The maximum absolute atomic E-state index is 12.0. The molecule has 1 aliphatic rings. The largest absolute Gasteiger partial charge is 0.353 e. The van der Waals surface area contributed by atoms with Crippen molar-refractivity contribution in [1.29, 1.82) is 0 Å². The van der Waals surface area contributed by atoms with Crippen LogP contribution in [0.1, 0.15) is 5.01 Å². The normalized spacial score (nSPS) is 14.5. The number of nitrogens with zero attached hydrogens (tertiary/aromatic N) is 2. The van der Waals surface area contributed by atoms with Gasteiger partial charge in [-0.05, 0) is 0 Å². The highest BCUT2D eigenvalue weighted by Gasteiger charge is 2.20. The van der Waals surface area contributed by atoms with Crippen molar-refractivity contribution in [3.63, 3.8) is 0 Å². The van der Waals surface area contributed by atoms with Crippen LogP contribution in [0, 0.1) is 0 Å². The smallest absolute Gasteiger partial charge is 0.318 e. The van der Waals surface area contributed by atoms with Gasteiger partial charge in [-0.3, -0.25) is 4.79 Å². The molecule has 0 unspecified atom stereocenters. The van der Waals surface area contributed by atoms with Crippen molar-refractivity contribution in [3.05, 3.63) is 40.7 Å². The maximum atomic E-state index is 12.0. The molecule has 0 spiro atoms. The SMILES string of the molecule is O=C1CN(C(=O)NCc2nc(-c3ccccc3)cs2)CCN1. The van der Waals surface area contributed by atoms with Crippen LogP contribution >= 0.6 is 11.3 Å². The number of thiazole rings is 1. The topological polar surface area (TPSA) is 74.3 Å². The molecule has 2 aromatic rings. The van der Waals surface area contributed by atoms with Gasteiger partial charge in [-0.15, -0.1) is 11.3 Å². The zero-order chi connectivity index (χ0) is 15.4. The molecule has 1 saturated heterocycles. The minimum Gasteiger partial charge on any atom is -0.353 e. The number of hydrogen-bond acceptors (Lipinski definition) is 4. The van der Waals surface area contributed by atoms with Crippen LogP contribution in [0.15, 0.2) is 35.7 Å². The van der Waals surface area contributed by atoms with E-state index < -0.39 is 0 Å². The second kappa shape index (κ2) is 6.57. The third-order valence-electron chi connectivity index (χ3n) is 3.34. The highest BCUT2D eigenvalue weighted by atomic mass is 32.1. The van der Waals surface area contributed by atoms with Gasteiger partial charge in [0.05, 0.1) is 12.2 Å². The van der Waals surface area contributed by atoms with Crippen molar-refractivity contribution in [1.82, 2.24) is 20.5 Å². The molecule has 0 atom stereocenters. The van der Waals surface area contributed by atoms with E-state index >= 15 is 0 Å². The molecule has 0 radical (unpaired) electrons. The van der Waals surface area contributed by atoms with Gasteiger partial charge in [-0.1, -0.05) is 30.3 Å². The number of amides is 3. The van der Waals surface area contributed by atoms with E-state index in [1.54, 1.807) is 0 Å². The fourth-order valence-corrected chi connectivity index (χ4v) is 2.95. The summed E-state index contributed by atoms with van der Waals surface area (Å²) in [6, 6.07) is 9.68. The Morgan fingerprint density at radius 3 is 2.95 bits per heavy atom. The van der Waals surface area contributed by atoms with Crippen LogP contribution in [0.3, 0.4) is 0 Å². The minimum atomic E-state index is -0.230. The first-order chi connectivity index (χ1) is 10.7. The van der Waals surface area contributed by atoms with Crippen LogP contribution in [0.5, 0.6) is 0 Å². The fourth-order valence-electron chi connectivity index (χ4n) is 2.21. The summed E-state index contributed by atoms with van der Waals surface area (Å²) >= 11 is 1.51. The Morgan fingerprint density at radius 1 is 1.36 bits per heavy atom. The molecule has 0 aliphatic carbocycles. The number of urea groups is 1. The van der Waals surface area contributed by atoms with Crippen LogP contribution in [-0.4, -0.2) is 41.5 Å². The molecule has 114 valence electrons. The molecule has 3 rings (SSSR count). The van der Waals surface area contributed by atoms with E-state index in [0.717, 1.165) is 16.3 Å². The lowest BCUT2D eigenvalue weighted by atomic mass is 10.2. The summed E-state index contributed by atoms with van der Waals surface area (Å²) in [5.41, 5.74) is 1.97. The van der Waals surface area contributed by atoms with Crippen LogP contribution < -0.4 is 10.6 Å². The van der Waals surface area contributed by atoms with Crippen molar-refractivity contribution in [2.45, 2.75) is 6.54 Å². The third kappa shape index (κ3) is 3.43. The van der Waals surface area contributed by atoms with Gasteiger partial charge in [-0.2, -0.15) is 0 Å². The van der Waals surface area contributed by atoms with Gasteiger partial charge in [0.25, 0.3) is 0 Å². The highest BCUT2D eigenvalue weighted by Crippen LogP contribution is 2.21. The lowest BCUT2D eigenvalue weighted by Gasteiger charge is -2.26. The van der Waals surface area contributed by atoms with E-state index in [-0.39, 0.29) is 18.5 Å². The van der Waals surface area contributed by atoms with Gasteiger partial charge in [0.1, 0.15) is 11.6 Å². The second-order valence-corrected chi connectivity index (χ2v) is 5.87. The molecule has 2 N–H and O–H groups in total. The molecule has 0 saturated carbocycles. The number of carbonyl (C=O) groups excluding carboxylic acids is 2. The molecule has 1 aromatic heterocycles. The van der Waals surface area contributed by atoms with E-state index in [4.69, 9.17) is 0 Å². The van der Waals surface area contributed by atoms with E-state index in [2.05, 4.69) is 15.6 Å². The Labute approximate surface area is 132 Å². The van der Waals surface area contributed by atoms with Gasteiger partial charge in [0.15, 0.2) is 0 Å². The lowest BCUT2D eigenvalue weighted by Crippen LogP contribution is -2.52. The number of aromatic nitrogens is 1. The van der Waals surface area contributed by atoms with E-state index in [0.29, 0.717) is 19.6 Å². The first-order valence-electron chi connectivity index (χ1n) is 7.01. The molecule has 1 fully saturated rings. The van der Waals surface area contributed by atoms with E-state index in [1.807, 2.05) is 35.7 Å². The maximum Gasteiger partial charge on any atom is 0.318 e. The van der Waals surface area contributed by atoms with Crippen molar-refractivity contribution >= 4 is 23.3 Å². The number of benzene rings is 1. The van der Waals surface area contributed by atoms with Gasteiger partial charge < -0.3 is 15.5 Å². The van der Waals surface area contributed by atoms with Crippen molar-refractivity contribution < 1.29 is 9.59 Å². The fraction of sp³-hybridized carbons (Fsp3) is 0.267. The molecular formula is C15H16N4O2S. The van der Waals surface area contributed by atoms with Gasteiger partial charge >= 0.3 is 6.03 Å². The Hall–Kier alpha value is -2.41. The van der Waals surface area contributed by atoms with Crippen LogP contribution in [0.4, 0.5) is 4.79 Å². The van der Waals surface area contributed by atoms with E-state index in [1.165, 1.54) is 16.2 Å². The molecule has 7 heteroatoms. The molecule has 1 aliphatic heterocycles. The average Bonchev–Trinajstić information content (AvgIpc) is 3.02. The Morgan fingerprint density at radius 2 is 2.18 bits per heavy atom. The Kier molecular flexibility index (Phi) is 4.34. The third-order valence-corrected chi connectivity index (χ3v) is 4.19. The van der Waals surface area contributed by atoms with Gasteiger partial charge in [0.2, 0.25) is 5.91 Å². The number of piperazine rings is 1. The number of nitrogens with one attached hydrogen (secondary N) is 2.